The zero-order valence-electron chi connectivity index (χ0n) is 11.8. The standard InChI is InChI=1S/C15H18N4O2/c1-2-13-11(3-8-20-13)9-12(1)15-17-14(18-21-15)10-19-6-4-16-5-7-19/h1-2,9,16H,3-8,10H2. The van der Waals surface area contributed by atoms with E-state index in [1.165, 1.54) is 5.56 Å². The van der Waals surface area contributed by atoms with E-state index in [9.17, 15) is 0 Å². The number of rotatable bonds is 3. The van der Waals surface area contributed by atoms with Gasteiger partial charge in [0.1, 0.15) is 5.75 Å². The zero-order chi connectivity index (χ0) is 14.1. The van der Waals surface area contributed by atoms with Crippen molar-refractivity contribution in [2.24, 2.45) is 0 Å². The maximum Gasteiger partial charge on any atom is 0.257 e. The van der Waals surface area contributed by atoms with Crippen LogP contribution in [0.4, 0.5) is 0 Å². The first kappa shape index (κ1) is 12.8. The lowest BCUT2D eigenvalue weighted by molar-refractivity contribution is 0.225. The summed E-state index contributed by atoms with van der Waals surface area (Å²) < 4.78 is 10.9. The summed E-state index contributed by atoms with van der Waals surface area (Å²) in [5, 5.41) is 7.44. The Hall–Kier alpha value is -1.92. The molecule has 0 radical (unpaired) electrons. The number of ether oxygens (including phenoxy) is 1. The van der Waals surface area contributed by atoms with E-state index in [0.717, 1.165) is 62.9 Å². The van der Waals surface area contributed by atoms with Gasteiger partial charge in [-0.05, 0) is 23.8 Å². The summed E-state index contributed by atoms with van der Waals surface area (Å²) in [6.45, 7) is 5.61. The molecular weight excluding hydrogens is 268 g/mol. The van der Waals surface area contributed by atoms with Crippen molar-refractivity contribution in [2.75, 3.05) is 32.8 Å². The molecule has 6 nitrogen and oxygen atoms in total. The first-order valence-electron chi connectivity index (χ1n) is 7.40. The number of nitrogens with one attached hydrogen (secondary N) is 1. The second-order valence-electron chi connectivity index (χ2n) is 5.46. The molecule has 6 heteroatoms. The van der Waals surface area contributed by atoms with Crippen molar-refractivity contribution in [3.05, 3.63) is 29.6 Å². The van der Waals surface area contributed by atoms with E-state index < -0.39 is 0 Å². The average Bonchev–Trinajstić information content (AvgIpc) is 3.16. The van der Waals surface area contributed by atoms with Crippen LogP contribution in [0, 0.1) is 0 Å². The summed E-state index contributed by atoms with van der Waals surface area (Å²) in [6, 6.07) is 6.05. The molecule has 3 heterocycles. The molecule has 110 valence electrons. The van der Waals surface area contributed by atoms with Crippen molar-refractivity contribution < 1.29 is 9.26 Å². The molecule has 0 unspecified atom stereocenters. The Kier molecular flexibility index (Phi) is 3.33. The molecule has 0 aliphatic carbocycles. The number of nitrogens with zero attached hydrogens (tertiary/aromatic N) is 3. The van der Waals surface area contributed by atoms with Crippen LogP contribution in [0.1, 0.15) is 11.4 Å². The molecule has 1 fully saturated rings. The van der Waals surface area contributed by atoms with E-state index in [4.69, 9.17) is 9.26 Å². The molecule has 4 rings (SSSR count). The molecule has 0 saturated carbocycles. The third-order valence-corrected chi connectivity index (χ3v) is 3.98. The van der Waals surface area contributed by atoms with Gasteiger partial charge < -0.3 is 14.6 Å². The van der Waals surface area contributed by atoms with Crippen LogP contribution >= 0.6 is 0 Å². The summed E-state index contributed by atoms with van der Waals surface area (Å²) in [5.74, 6) is 2.32. The number of benzene rings is 1. The van der Waals surface area contributed by atoms with Gasteiger partial charge in [-0.15, -0.1) is 0 Å². The Morgan fingerprint density at radius 1 is 1.24 bits per heavy atom. The fraction of sp³-hybridized carbons (Fsp3) is 0.467. The van der Waals surface area contributed by atoms with Crippen LogP contribution in [-0.4, -0.2) is 47.8 Å². The smallest absolute Gasteiger partial charge is 0.257 e. The first-order chi connectivity index (χ1) is 10.4. The molecule has 1 aromatic heterocycles. The fourth-order valence-corrected chi connectivity index (χ4v) is 2.82. The van der Waals surface area contributed by atoms with E-state index in [1.807, 2.05) is 12.1 Å². The highest BCUT2D eigenvalue weighted by molar-refractivity contribution is 5.58. The van der Waals surface area contributed by atoms with Gasteiger partial charge >= 0.3 is 0 Å². The van der Waals surface area contributed by atoms with Gasteiger partial charge in [0.25, 0.3) is 5.89 Å². The van der Waals surface area contributed by atoms with Crippen molar-refractivity contribution in [1.29, 1.82) is 0 Å². The molecular formula is C15H18N4O2. The van der Waals surface area contributed by atoms with Crippen LogP contribution in [0.5, 0.6) is 5.75 Å². The molecule has 2 aromatic rings. The van der Waals surface area contributed by atoms with Gasteiger partial charge in [-0.1, -0.05) is 5.16 Å². The summed E-state index contributed by atoms with van der Waals surface area (Å²) in [7, 11) is 0. The minimum atomic E-state index is 0.592. The Labute approximate surface area is 123 Å². The van der Waals surface area contributed by atoms with Crippen LogP contribution < -0.4 is 10.1 Å². The number of hydrogen-bond donors (Lipinski definition) is 1. The number of aromatic nitrogens is 2. The average molecular weight is 286 g/mol. The van der Waals surface area contributed by atoms with Gasteiger partial charge in [0.15, 0.2) is 5.82 Å². The van der Waals surface area contributed by atoms with Crippen molar-refractivity contribution >= 4 is 0 Å². The minimum absolute atomic E-state index is 0.592. The van der Waals surface area contributed by atoms with E-state index in [1.54, 1.807) is 0 Å². The van der Waals surface area contributed by atoms with Gasteiger partial charge in [-0.3, -0.25) is 4.90 Å². The second kappa shape index (κ2) is 5.46. The largest absolute Gasteiger partial charge is 0.493 e. The predicted molar refractivity (Wildman–Crippen MR) is 77.1 cm³/mol. The van der Waals surface area contributed by atoms with Gasteiger partial charge in [0.2, 0.25) is 0 Å². The number of piperazine rings is 1. The third-order valence-electron chi connectivity index (χ3n) is 3.98. The van der Waals surface area contributed by atoms with E-state index in [-0.39, 0.29) is 0 Å². The fourth-order valence-electron chi connectivity index (χ4n) is 2.82. The Morgan fingerprint density at radius 3 is 3.05 bits per heavy atom. The summed E-state index contributed by atoms with van der Waals surface area (Å²) in [4.78, 5) is 6.85. The van der Waals surface area contributed by atoms with Gasteiger partial charge in [0.05, 0.1) is 13.2 Å². The SMILES string of the molecule is c1cc2c(cc1-c1nc(CN3CCNCC3)no1)CCO2. The third kappa shape index (κ3) is 2.64. The molecule has 1 saturated heterocycles. The molecule has 1 aromatic carbocycles. The van der Waals surface area contributed by atoms with E-state index in [2.05, 4.69) is 26.4 Å². The van der Waals surface area contributed by atoms with Crippen molar-refractivity contribution in [3.8, 4) is 17.2 Å². The number of fused-ring (bicyclic) bond motifs is 1. The maximum atomic E-state index is 5.52. The van der Waals surface area contributed by atoms with Gasteiger partial charge in [-0.2, -0.15) is 4.98 Å². The zero-order valence-corrected chi connectivity index (χ0v) is 11.8. The predicted octanol–water partition coefficient (Wildman–Crippen LogP) is 1.08. The first-order valence-corrected chi connectivity index (χ1v) is 7.40. The second-order valence-corrected chi connectivity index (χ2v) is 5.46. The molecule has 0 bridgehead atoms. The van der Waals surface area contributed by atoms with Gasteiger partial charge in [0, 0.05) is 38.2 Å². The molecule has 0 amide bonds. The topological polar surface area (TPSA) is 63.4 Å². The Bertz CT molecular complexity index is 634. The highest BCUT2D eigenvalue weighted by atomic mass is 16.5. The Morgan fingerprint density at radius 2 is 2.14 bits per heavy atom. The van der Waals surface area contributed by atoms with Crippen molar-refractivity contribution in [3.63, 3.8) is 0 Å². The maximum absolute atomic E-state index is 5.52. The molecule has 2 aliphatic heterocycles. The van der Waals surface area contributed by atoms with E-state index >= 15 is 0 Å². The summed E-state index contributed by atoms with van der Waals surface area (Å²) >= 11 is 0. The normalized spacial score (nSPS) is 18.5. The molecule has 0 atom stereocenters. The lowest BCUT2D eigenvalue weighted by Crippen LogP contribution is -2.43. The van der Waals surface area contributed by atoms with E-state index in [0.29, 0.717) is 5.89 Å². The Balaban J connectivity index is 1.51. The highest BCUT2D eigenvalue weighted by Crippen LogP contribution is 2.29. The summed E-state index contributed by atoms with van der Waals surface area (Å²) in [5.41, 5.74) is 2.19. The van der Waals surface area contributed by atoms with Crippen LogP contribution in [0.25, 0.3) is 11.5 Å². The highest BCUT2D eigenvalue weighted by Gasteiger charge is 2.17. The quantitative estimate of drug-likeness (QED) is 0.911. The minimum Gasteiger partial charge on any atom is -0.493 e. The van der Waals surface area contributed by atoms with Crippen molar-refractivity contribution in [2.45, 2.75) is 13.0 Å². The van der Waals surface area contributed by atoms with Crippen LogP contribution in [-0.2, 0) is 13.0 Å². The van der Waals surface area contributed by atoms with Crippen LogP contribution in [0.15, 0.2) is 22.7 Å². The van der Waals surface area contributed by atoms with Gasteiger partial charge in [-0.25, -0.2) is 0 Å². The lowest BCUT2D eigenvalue weighted by Gasteiger charge is -2.25. The number of hydrogen-bond acceptors (Lipinski definition) is 6. The van der Waals surface area contributed by atoms with Crippen LogP contribution in [0.3, 0.4) is 0 Å². The van der Waals surface area contributed by atoms with Crippen molar-refractivity contribution in [1.82, 2.24) is 20.4 Å². The molecule has 2 aliphatic rings. The molecule has 21 heavy (non-hydrogen) atoms. The lowest BCUT2D eigenvalue weighted by atomic mass is 10.1. The van der Waals surface area contributed by atoms with Crippen LogP contribution in [0.2, 0.25) is 0 Å². The molecule has 1 N–H and O–H groups in total. The summed E-state index contributed by atoms with van der Waals surface area (Å²) in [6.07, 6.45) is 0.949. The molecule has 0 spiro atoms. The monoisotopic (exact) mass is 286 g/mol.